The molecule has 3 rings (SSSR count). The van der Waals surface area contributed by atoms with Crippen LogP contribution in [-0.2, 0) is 0 Å². The van der Waals surface area contributed by atoms with Gasteiger partial charge >= 0.3 is 0 Å². The Morgan fingerprint density at radius 1 is 1.26 bits per heavy atom. The molecule has 0 aliphatic carbocycles. The van der Waals surface area contributed by atoms with Crippen molar-refractivity contribution in [1.82, 2.24) is 9.97 Å². The number of piperidine rings is 1. The smallest absolute Gasteiger partial charge is 0.229 e. The van der Waals surface area contributed by atoms with E-state index in [4.69, 9.17) is 5.26 Å². The second kappa shape index (κ2) is 6.66. The molecule has 1 aromatic carbocycles. The second-order valence-electron chi connectivity index (χ2n) is 6.20. The molecule has 5 heteroatoms. The minimum atomic E-state index is 0.600. The number of hydrogen-bond acceptors (Lipinski definition) is 5. The highest BCUT2D eigenvalue weighted by atomic mass is 15.2. The minimum Gasteiger partial charge on any atom is -0.356 e. The number of rotatable bonds is 3. The van der Waals surface area contributed by atoms with Crippen LogP contribution in [0.1, 0.15) is 31.0 Å². The largest absolute Gasteiger partial charge is 0.356 e. The number of aromatic nitrogens is 2. The first-order chi connectivity index (χ1) is 11.1. The zero-order valence-corrected chi connectivity index (χ0v) is 13.6. The Kier molecular flexibility index (Phi) is 4.42. The lowest BCUT2D eigenvalue weighted by Crippen LogP contribution is -2.35. The highest BCUT2D eigenvalue weighted by Gasteiger charge is 2.18. The van der Waals surface area contributed by atoms with Crippen molar-refractivity contribution in [3.63, 3.8) is 0 Å². The summed E-state index contributed by atoms with van der Waals surface area (Å²) < 4.78 is 0. The van der Waals surface area contributed by atoms with Crippen LogP contribution in [0.2, 0.25) is 0 Å². The summed E-state index contributed by atoms with van der Waals surface area (Å²) in [6, 6.07) is 11.5. The van der Waals surface area contributed by atoms with Crippen molar-refractivity contribution in [1.29, 1.82) is 5.26 Å². The van der Waals surface area contributed by atoms with Crippen molar-refractivity contribution in [2.75, 3.05) is 23.3 Å². The Hall–Kier alpha value is -2.61. The van der Waals surface area contributed by atoms with E-state index in [-0.39, 0.29) is 0 Å². The molecule has 2 heterocycles. The van der Waals surface area contributed by atoms with Crippen molar-refractivity contribution < 1.29 is 0 Å². The third-order valence-electron chi connectivity index (χ3n) is 4.09. The fraction of sp³-hybridized carbons (Fsp3) is 0.389. The summed E-state index contributed by atoms with van der Waals surface area (Å²) in [5.41, 5.74) is 2.47. The van der Waals surface area contributed by atoms with Crippen LogP contribution in [-0.4, -0.2) is 23.1 Å². The molecule has 0 spiro atoms. The maximum absolute atomic E-state index is 8.86. The van der Waals surface area contributed by atoms with E-state index in [9.17, 15) is 0 Å². The van der Waals surface area contributed by atoms with E-state index in [1.807, 2.05) is 25.1 Å². The van der Waals surface area contributed by atoms with Gasteiger partial charge in [-0.25, -0.2) is 4.98 Å². The fourth-order valence-corrected chi connectivity index (χ4v) is 2.92. The van der Waals surface area contributed by atoms with E-state index < -0.39 is 0 Å². The molecule has 1 saturated heterocycles. The van der Waals surface area contributed by atoms with Gasteiger partial charge in [0, 0.05) is 30.5 Å². The fourth-order valence-electron chi connectivity index (χ4n) is 2.92. The van der Waals surface area contributed by atoms with Gasteiger partial charge in [0.05, 0.1) is 11.6 Å². The lowest BCUT2D eigenvalue weighted by Gasteiger charge is -2.32. The second-order valence-corrected chi connectivity index (χ2v) is 6.20. The van der Waals surface area contributed by atoms with E-state index >= 15 is 0 Å². The quantitative estimate of drug-likeness (QED) is 0.938. The molecule has 1 aliphatic heterocycles. The van der Waals surface area contributed by atoms with E-state index in [0.29, 0.717) is 17.4 Å². The topological polar surface area (TPSA) is 64.8 Å². The molecule has 0 bridgehead atoms. The van der Waals surface area contributed by atoms with Crippen LogP contribution < -0.4 is 10.2 Å². The Morgan fingerprint density at radius 2 is 2.04 bits per heavy atom. The molecule has 23 heavy (non-hydrogen) atoms. The van der Waals surface area contributed by atoms with Crippen molar-refractivity contribution >= 4 is 17.5 Å². The van der Waals surface area contributed by atoms with E-state index in [0.717, 1.165) is 30.3 Å². The molecule has 1 atom stereocenters. The molecule has 1 aromatic heterocycles. The normalized spacial score (nSPS) is 17.6. The molecule has 1 fully saturated rings. The standard InChI is InChI=1S/C18H21N5/c1-13-4-3-9-23(12-13)17-10-14(2)20-18(22-17)21-16-7-5-15(11-19)6-8-16/h5-8,10,13H,3-4,9,12H2,1-2H3,(H,20,21,22). The number of nitrogens with one attached hydrogen (secondary N) is 1. The van der Waals surface area contributed by atoms with E-state index in [2.05, 4.69) is 33.2 Å². The Balaban J connectivity index is 1.80. The number of nitrogens with zero attached hydrogens (tertiary/aromatic N) is 4. The van der Waals surface area contributed by atoms with Gasteiger partial charge < -0.3 is 10.2 Å². The minimum absolute atomic E-state index is 0.600. The Bertz CT molecular complexity index is 717. The SMILES string of the molecule is Cc1cc(N2CCCC(C)C2)nc(Nc2ccc(C#N)cc2)n1. The molecule has 2 aromatic rings. The Morgan fingerprint density at radius 3 is 2.74 bits per heavy atom. The molecule has 1 aliphatic rings. The summed E-state index contributed by atoms with van der Waals surface area (Å²) in [6.45, 7) is 6.38. The summed E-state index contributed by atoms with van der Waals surface area (Å²) in [4.78, 5) is 11.5. The summed E-state index contributed by atoms with van der Waals surface area (Å²) >= 11 is 0. The average molecular weight is 307 g/mol. The molecule has 1 N–H and O–H groups in total. The molecular weight excluding hydrogens is 286 g/mol. The van der Waals surface area contributed by atoms with Gasteiger partial charge in [0.2, 0.25) is 5.95 Å². The van der Waals surface area contributed by atoms with Crippen molar-refractivity contribution in [3.8, 4) is 6.07 Å². The van der Waals surface area contributed by atoms with Gasteiger partial charge in [0.1, 0.15) is 5.82 Å². The number of anilines is 3. The molecule has 0 saturated carbocycles. The average Bonchev–Trinajstić information content (AvgIpc) is 2.55. The summed E-state index contributed by atoms with van der Waals surface area (Å²) in [6.07, 6.45) is 2.50. The zero-order valence-electron chi connectivity index (χ0n) is 13.6. The maximum Gasteiger partial charge on any atom is 0.229 e. The summed E-state index contributed by atoms with van der Waals surface area (Å²) in [5, 5.41) is 12.1. The van der Waals surface area contributed by atoms with Crippen LogP contribution in [0.15, 0.2) is 30.3 Å². The van der Waals surface area contributed by atoms with Gasteiger partial charge in [-0.3, -0.25) is 0 Å². The van der Waals surface area contributed by atoms with Gasteiger partial charge in [-0.2, -0.15) is 10.2 Å². The Labute approximate surface area is 137 Å². The third kappa shape index (κ3) is 3.78. The van der Waals surface area contributed by atoms with Gasteiger partial charge in [-0.15, -0.1) is 0 Å². The summed E-state index contributed by atoms with van der Waals surface area (Å²) in [5.74, 6) is 2.29. The highest BCUT2D eigenvalue weighted by molar-refractivity contribution is 5.57. The van der Waals surface area contributed by atoms with Crippen LogP contribution in [0.5, 0.6) is 0 Å². The van der Waals surface area contributed by atoms with Crippen LogP contribution >= 0.6 is 0 Å². The monoisotopic (exact) mass is 307 g/mol. The molecule has 0 amide bonds. The lowest BCUT2D eigenvalue weighted by molar-refractivity contribution is 0.444. The number of nitriles is 1. The van der Waals surface area contributed by atoms with Gasteiger partial charge in [0.15, 0.2) is 0 Å². The van der Waals surface area contributed by atoms with Crippen LogP contribution in [0, 0.1) is 24.2 Å². The number of aryl methyl sites for hydroxylation is 1. The van der Waals surface area contributed by atoms with E-state index in [1.54, 1.807) is 12.1 Å². The number of hydrogen-bond donors (Lipinski definition) is 1. The predicted molar refractivity (Wildman–Crippen MR) is 91.8 cm³/mol. The first-order valence-corrected chi connectivity index (χ1v) is 8.02. The molecule has 5 nitrogen and oxygen atoms in total. The predicted octanol–water partition coefficient (Wildman–Crippen LogP) is 3.64. The van der Waals surface area contributed by atoms with Crippen LogP contribution in [0.25, 0.3) is 0 Å². The van der Waals surface area contributed by atoms with Gasteiger partial charge in [-0.05, 0) is 49.9 Å². The number of benzene rings is 1. The first kappa shape index (κ1) is 15.3. The third-order valence-corrected chi connectivity index (χ3v) is 4.09. The molecule has 0 radical (unpaired) electrons. The zero-order chi connectivity index (χ0) is 16.2. The molecule has 1 unspecified atom stereocenters. The maximum atomic E-state index is 8.86. The molecular formula is C18H21N5. The first-order valence-electron chi connectivity index (χ1n) is 8.02. The van der Waals surface area contributed by atoms with E-state index in [1.165, 1.54) is 12.8 Å². The highest BCUT2D eigenvalue weighted by Crippen LogP contribution is 2.23. The summed E-state index contributed by atoms with van der Waals surface area (Å²) in [7, 11) is 0. The van der Waals surface area contributed by atoms with Crippen LogP contribution in [0.4, 0.5) is 17.5 Å². The van der Waals surface area contributed by atoms with Crippen LogP contribution in [0.3, 0.4) is 0 Å². The van der Waals surface area contributed by atoms with Crippen molar-refractivity contribution in [2.45, 2.75) is 26.7 Å². The van der Waals surface area contributed by atoms with Crippen molar-refractivity contribution in [3.05, 3.63) is 41.6 Å². The molecule has 118 valence electrons. The lowest BCUT2D eigenvalue weighted by atomic mass is 10.0. The van der Waals surface area contributed by atoms with Gasteiger partial charge in [-0.1, -0.05) is 6.92 Å². The van der Waals surface area contributed by atoms with Crippen molar-refractivity contribution in [2.24, 2.45) is 5.92 Å². The van der Waals surface area contributed by atoms with Gasteiger partial charge in [0.25, 0.3) is 0 Å².